The summed E-state index contributed by atoms with van der Waals surface area (Å²) in [4.78, 5) is 0. The molecule has 0 heterocycles. The van der Waals surface area contributed by atoms with Crippen molar-refractivity contribution in [1.82, 2.24) is 0 Å². The van der Waals surface area contributed by atoms with Crippen LogP contribution in [0.25, 0.3) is 11.6 Å². The first kappa shape index (κ1) is 17.1. The van der Waals surface area contributed by atoms with Crippen molar-refractivity contribution < 1.29 is 0 Å². The molecule has 0 saturated carbocycles. The first-order chi connectivity index (χ1) is 9.15. The van der Waals surface area contributed by atoms with Crippen LogP contribution in [0.1, 0.15) is 31.4 Å². The molecule has 1 heteroatoms. The number of nitrogens with two attached hydrogens (primary N) is 1. The molecule has 1 aromatic rings. The van der Waals surface area contributed by atoms with E-state index in [9.17, 15) is 0 Å². The molecule has 1 aromatic carbocycles. The summed E-state index contributed by atoms with van der Waals surface area (Å²) >= 11 is 0. The van der Waals surface area contributed by atoms with Gasteiger partial charge in [0, 0.05) is 0 Å². The monoisotopic (exact) mass is 255 g/mol. The lowest BCUT2D eigenvalue weighted by atomic mass is 10.1. The highest BCUT2D eigenvalue weighted by molar-refractivity contribution is 5.64. The lowest BCUT2D eigenvalue weighted by Gasteiger charge is -2.00. The minimum absolute atomic E-state index is 0.705. The Morgan fingerprint density at radius 1 is 1.37 bits per heavy atom. The summed E-state index contributed by atoms with van der Waals surface area (Å²) < 4.78 is 0. The van der Waals surface area contributed by atoms with Crippen molar-refractivity contribution in [2.75, 3.05) is 6.54 Å². The third-order valence-corrected chi connectivity index (χ3v) is 2.35. The van der Waals surface area contributed by atoms with E-state index in [0.29, 0.717) is 6.54 Å². The van der Waals surface area contributed by atoms with Crippen LogP contribution in [0.5, 0.6) is 0 Å². The first-order valence-electron chi connectivity index (χ1n) is 6.52. The van der Waals surface area contributed by atoms with Gasteiger partial charge in [0.1, 0.15) is 0 Å². The molecule has 0 amide bonds. The Bertz CT molecular complexity index is 439. The minimum atomic E-state index is 0.705. The average molecular weight is 255 g/mol. The van der Waals surface area contributed by atoms with Crippen LogP contribution < -0.4 is 5.73 Å². The van der Waals surface area contributed by atoms with Crippen LogP contribution in [-0.4, -0.2) is 6.54 Å². The van der Waals surface area contributed by atoms with E-state index in [2.05, 4.69) is 43.5 Å². The molecule has 0 spiro atoms. The van der Waals surface area contributed by atoms with E-state index < -0.39 is 0 Å². The molecule has 2 N–H and O–H groups in total. The number of hydrogen-bond acceptors (Lipinski definition) is 1. The van der Waals surface area contributed by atoms with Gasteiger partial charge in [-0.2, -0.15) is 0 Å². The fourth-order valence-electron chi connectivity index (χ4n) is 1.36. The second kappa shape index (κ2) is 11.2. The topological polar surface area (TPSA) is 26.0 Å². The lowest BCUT2D eigenvalue weighted by molar-refractivity contribution is 1.01. The Morgan fingerprint density at radius 3 is 2.58 bits per heavy atom. The SMILES string of the molecule is C=C(C)c1cccc(/C=C/CCN)c1.C=C/C=C\C. The van der Waals surface area contributed by atoms with Crippen LogP contribution in [0.2, 0.25) is 0 Å². The van der Waals surface area contributed by atoms with Gasteiger partial charge in [-0.15, -0.1) is 0 Å². The predicted octanol–water partition coefficient (Wildman–Crippen LogP) is 4.83. The molecule has 0 fully saturated rings. The van der Waals surface area contributed by atoms with Crippen molar-refractivity contribution in [3.8, 4) is 0 Å². The van der Waals surface area contributed by atoms with Crippen LogP contribution in [-0.2, 0) is 0 Å². The molecule has 102 valence electrons. The van der Waals surface area contributed by atoms with E-state index in [-0.39, 0.29) is 0 Å². The summed E-state index contributed by atoms with van der Waals surface area (Å²) in [5.41, 5.74) is 8.90. The van der Waals surface area contributed by atoms with E-state index >= 15 is 0 Å². The summed E-state index contributed by atoms with van der Waals surface area (Å²) in [5.74, 6) is 0. The van der Waals surface area contributed by atoms with Gasteiger partial charge in [0.15, 0.2) is 0 Å². The zero-order chi connectivity index (χ0) is 14.5. The second-order valence-corrected chi connectivity index (χ2v) is 4.15. The zero-order valence-electron chi connectivity index (χ0n) is 12.1. The predicted molar refractivity (Wildman–Crippen MR) is 88.9 cm³/mol. The summed E-state index contributed by atoms with van der Waals surface area (Å²) in [6.45, 7) is 12.1. The molecule has 1 rings (SSSR count). The van der Waals surface area contributed by atoms with Crippen LogP contribution >= 0.6 is 0 Å². The van der Waals surface area contributed by atoms with Gasteiger partial charge in [0.05, 0.1) is 0 Å². The molecule has 1 nitrogen and oxygen atoms in total. The van der Waals surface area contributed by atoms with Crippen LogP contribution in [0.4, 0.5) is 0 Å². The van der Waals surface area contributed by atoms with E-state index in [1.807, 2.05) is 32.1 Å². The maximum absolute atomic E-state index is 5.41. The summed E-state index contributed by atoms with van der Waals surface area (Å²) in [5, 5.41) is 0. The molecule has 0 aliphatic rings. The Kier molecular flexibility index (Phi) is 10.1. The van der Waals surface area contributed by atoms with Gasteiger partial charge in [0.2, 0.25) is 0 Å². The van der Waals surface area contributed by atoms with Gasteiger partial charge in [-0.1, -0.05) is 67.3 Å². The maximum atomic E-state index is 5.41. The Balaban J connectivity index is 0.000000555. The third-order valence-electron chi connectivity index (χ3n) is 2.35. The third kappa shape index (κ3) is 8.81. The maximum Gasteiger partial charge on any atom is -0.00425 e. The molecule has 0 saturated heterocycles. The van der Waals surface area contributed by atoms with E-state index in [1.165, 1.54) is 11.1 Å². The smallest absolute Gasteiger partial charge is 0.00425 e. The van der Waals surface area contributed by atoms with E-state index in [4.69, 9.17) is 5.73 Å². The number of hydrogen-bond donors (Lipinski definition) is 1. The zero-order valence-corrected chi connectivity index (χ0v) is 12.1. The van der Waals surface area contributed by atoms with Crippen molar-refractivity contribution in [3.05, 3.63) is 72.9 Å². The number of allylic oxidation sites excluding steroid dienone is 4. The standard InChI is InChI=1S/C13H17N.C5H8/c1-11(2)13-8-5-7-12(10-13)6-3-4-9-14;1-3-5-4-2/h3,5-8,10H,1,4,9,14H2,2H3;3-5H,1H2,2H3/b6-3+;5-4-. The normalized spacial score (nSPS) is 10.3. The largest absolute Gasteiger partial charge is 0.330 e. The van der Waals surface area contributed by atoms with Crippen LogP contribution in [0.3, 0.4) is 0 Å². The molecule has 0 unspecified atom stereocenters. The quantitative estimate of drug-likeness (QED) is 0.749. The molecule has 0 aliphatic heterocycles. The molecular formula is C18H25N. The van der Waals surface area contributed by atoms with Crippen molar-refractivity contribution in [1.29, 1.82) is 0 Å². The van der Waals surface area contributed by atoms with E-state index in [1.54, 1.807) is 6.08 Å². The van der Waals surface area contributed by atoms with Crippen molar-refractivity contribution in [3.63, 3.8) is 0 Å². The van der Waals surface area contributed by atoms with E-state index in [0.717, 1.165) is 12.0 Å². The Hall–Kier alpha value is -1.86. The molecular weight excluding hydrogens is 230 g/mol. The first-order valence-corrected chi connectivity index (χ1v) is 6.52. The highest BCUT2D eigenvalue weighted by atomic mass is 14.5. The van der Waals surface area contributed by atoms with Crippen LogP contribution in [0, 0.1) is 0 Å². The van der Waals surface area contributed by atoms with Crippen molar-refractivity contribution in [2.24, 2.45) is 5.73 Å². The van der Waals surface area contributed by atoms with Crippen LogP contribution in [0.15, 0.2) is 61.7 Å². The van der Waals surface area contributed by atoms with Crippen molar-refractivity contribution in [2.45, 2.75) is 20.3 Å². The number of benzene rings is 1. The molecule has 0 bridgehead atoms. The Labute approximate surface area is 117 Å². The molecule has 0 aliphatic carbocycles. The lowest BCUT2D eigenvalue weighted by Crippen LogP contribution is -1.94. The average Bonchev–Trinajstić information content (AvgIpc) is 2.41. The van der Waals surface area contributed by atoms with Gasteiger partial charge in [-0.3, -0.25) is 0 Å². The van der Waals surface area contributed by atoms with Gasteiger partial charge < -0.3 is 5.73 Å². The number of rotatable bonds is 5. The molecule has 0 radical (unpaired) electrons. The Morgan fingerprint density at radius 2 is 2.11 bits per heavy atom. The molecule has 19 heavy (non-hydrogen) atoms. The fourth-order valence-corrected chi connectivity index (χ4v) is 1.36. The summed E-state index contributed by atoms with van der Waals surface area (Å²) in [6.07, 6.45) is 10.7. The highest BCUT2D eigenvalue weighted by Gasteiger charge is 1.92. The summed E-state index contributed by atoms with van der Waals surface area (Å²) in [6, 6.07) is 8.34. The van der Waals surface area contributed by atoms with Gasteiger partial charge in [-0.05, 0) is 44.0 Å². The van der Waals surface area contributed by atoms with Gasteiger partial charge >= 0.3 is 0 Å². The molecule has 0 atom stereocenters. The highest BCUT2D eigenvalue weighted by Crippen LogP contribution is 2.14. The second-order valence-electron chi connectivity index (χ2n) is 4.15. The van der Waals surface area contributed by atoms with Crippen molar-refractivity contribution >= 4 is 11.6 Å². The minimum Gasteiger partial charge on any atom is -0.330 e. The van der Waals surface area contributed by atoms with Gasteiger partial charge in [0.25, 0.3) is 0 Å². The molecule has 0 aromatic heterocycles. The van der Waals surface area contributed by atoms with Gasteiger partial charge in [-0.25, -0.2) is 0 Å². The fraction of sp³-hybridized carbons (Fsp3) is 0.222. The summed E-state index contributed by atoms with van der Waals surface area (Å²) in [7, 11) is 0.